The minimum atomic E-state index is -2.31. The summed E-state index contributed by atoms with van der Waals surface area (Å²) in [4.78, 5) is 7.00. The van der Waals surface area contributed by atoms with Crippen LogP contribution in [0.2, 0.25) is 0 Å². The first kappa shape index (κ1) is 14.6. The molecule has 0 bridgehead atoms. The highest BCUT2D eigenvalue weighted by molar-refractivity contribution is 7.20. The molecular weight excluding hydrogens is 757 g/mol. The number of hydrogen-bond donors (Lipinski definition) is 0. The van der Waals surface area contributed by atoms with Crippen LogP contribution < -0.4 is 0 Å². The molecule has 0 amide bonds. The molecule has 2 atom stereocenters. The van der Waals surface area contributed by atoms with Crippen molar-refractivity contribution in [1.29, 1.82) is 0 Å². The molecule has 3 aromatic heterocycles. The molecule has 12 rings (SSSR count). The molecule has 2 unspecified atom stereocenters. The highest BCUT2D eigenvalue weighted by Crippen LogP contribution is 2.56. The SMILES string of the molecule is [2H]C1=C([2H])C([2H])C([2H])c2c1c(-c1c([2H])c([2H])c([2H])c([2H])c1[2H])c1c([2H])c([2H])c([2H])c([2H])c1c2-c1sc(-c2c([2H])c([2H])c(-c3nc4c(c([2H])c3[2H])c([2H])c([2H])c3c([2H])c([2H])c([2H])nc34)c3c([2H])c([2H])c([2H])c([2H])c23)c(-c2c([2H])c([2H])c([2H])c([2H])c2[2H])c1-c1c([2H])c([2H])c([2H])c([2H])c1[2H]. The summed E-state index contributed by atoms with van der Waals surface area (Å²) in [5, 5.41) is -4.51. The van der Waals surface area contributed by atoms with Crippen molar-refractivity contribution in [2.75, 3.05) is 0 Å². The van der Waals surface area contributed by atoms with E-state index in [1.54, 1.807) is 0 Å². The fourth-order valence-corrected chi connectivity index (χ4v) is 8.72. The Morgan fingerprint density at radius 3 is 1.69 bits per heavy atom. The number of allylic oxidation sites excluding steroid dienone is 1. The second-order valence-electron chi connectivity index (χ2n) is 13.0. The average Bonchev–Trinajstić information content (AvgIpc) is 1.61. The Morgan fingerprint density at radius 1 is 0.459 bits per heavy atom. The molecule has 1 aliphatic carbocycles. The third-order valence-electron chi connectivity index (χ3n) is 9.81. The first-order valence-electron chi connectivity index (χ1n) is 36.1. The van der Waals surface area contributed by atoms with Crippen molar-refractivity contribution >= 4 is 60.7 Å². The summed E-state index contributed by atoms with van der Waals surface area (Å²) in [6.45, 7) is 0. The Bertz CT molecular complexity index is 5540. The van der Waals surface area contributed by atoms with E-state index in [9.17, 15) is 26.0 Å². The van der Waals surface area contributed by atoms with Gasteiger partial charge in [0.2, 0.25) is 0 Å². The molecule has 0 radical (unpaired) electrons. The van der Waals surface area contributed by atoms with Gasteiger partial charge in [-0.25, -0.2) is 4.98 Å². The molecule has 0 saturated heterocycles. The summed E-state index contributed by atoms with van der Waals surface area (Å²) < 4.78 is 333. The Kier molecular flexibility index (Phi) is 3.52. The van der Waals surface area contributed by atoms with Crippen molar-refractivity contribution in [3.05, 3.63) is 211 Å². The van der Waals surface area contributed by atoms with E-state index >= 15 is 0 Å². The van der Waals surface area contributed by atoms with Gasteiger partial charge in [-0.15, -0.1) is 11.3 Å². The van der Waals surface area contributed by atoms with Crippen LogP contribution in [-0.2, 0) is 6.40 Å². The number of hydrogen-bond acceptors (Lipinski definition) is 3. The fraction of sp³-hybridized carbons (Fsp3) is 0.0345. The van der Waals surface area contributed by atoms with E-state index in [1.165, 1.54) is 0 Å². The maximum absolute atomic E-state index is 10.3. The molecule has 11 aromatic rings. The largest absolute Gasteiger partial charge is 0.254 e. The van der Waals surface area contributed by atoms with Gasteiger partial charge in [-0.1, -0.05) is 187 Å². The predicted molar refractivity (Wildman–Crippen MR) is 260 cm³/mol. The molecule has 61 heavy (non-hydrogen) atoms. The molecule has 0 N–H and O–H groups in total. The van der Waals surface area contributed by atoms with Crippen molar-refractivity contribution in [2.45, 2.75) is 12.8 Å². The van der Waals surface area contributed by atoms with Gasteiger partial charge in [0, 0.05) is 57.3 Å². The Balaban J connectivity index is 1.43. The second-order valence-corrected chi connectivity index (χ2v) is 14.1. The monoisotopic (exact) mass is 831 g/mol. The molecule has 3 heteroatoms. The summed E-state index contributed by atoms with van der Waals surface area (Å²) in [5.74, 6) is 0. The van der Waals surface area contributed by atoms with Crippen LogP contribution in [0.4, 0.5) is 0 Å². The predicted octanol–water partition coefficient (Wildman–Crippen LogP) is 16.1. The maximum atomic E-state index is 10.3. The topological polar surface area (TPSA) is 25.8 Å². The van der Waals surface area contributed by atoms with Crippen molar-refractivity contribution in [3.8, 4) is 65.5 Å². The van der Waals surface area contributed by atoms with Gasteiger partial charge >= 0.3 is 0 Å². The summed E-state index contributed by atoms with van der Waals surface area (Å²) in [6.07, 6.45) is -5.34. The van der Waals surface area contributed by atoms with Crippen LogP contribution in [0, 0.1) is 0 Å². The average molecular weight is 831 g/mol. The number of nitrogens with zero attached hydrogens (tertiary/aromatic N) is 2. The number of pyridine rings is 2. The standard InChI is InChI=1S/C58H38N2S/c1-4-17-37(18-5-1)51-45-26-12-14-28-47(45)54(48-29-15-13-27-46(48)51)58-53(39-21-8-3-9-22-39)52(38-19-6-2-7-20-38)57(61-58)49-34-33-44(42-24-10-11-25-43(42)49)50-35-32-41-31-30-40-23-16-36-59-55(40)56(41)60-50/h1-14,16-28,30-36H,15,29H2/i1D,2D,3D,4D,5D,6D,7D,8D,9D,10D,11D,12D,13D,14D,15D,16D,17D,18D,19D,20D,21D,22D,23D,24D,25D,26D,27D,28D,29D,30D,31D,32D,33D,34D,35D,36D. The molecular formula is C58H38N2S. The van der Waals surface area contributed by atoms with Crippen LogP contribution in [0.5, 0.6) is 0 Å². The number of thiophene rings is 1. The van der Waals surface area contributed by atoms with Gasteiger partial charge in [0.05, 0.1) is 63.3 Å². The molecule has 8 aromatic carbocycles. The first-order chi connectivity index (χ1) is 45.2. The summed E-state index contributed by atoms with van der Waals surface area (Å²) in [7, 11) is 0. The molecule has 0 spiro atoms. The summed E-state index contributed by atoms with van der Waals surface area (Å²) in [5.41, 5.74) is -11.6. The molecule has 0 saturated carbocycles. The Labute approximate surface area is 409 Å². The van der Waals surface area contributed by atoms with Gasteiger partial charge in [-0.05, 0) is 79.8 Å². The summed E-state index contributed by atoms with van der Waals surface area (Å²) in [6, 6.07) is -34.8. The van der Waals surface area contributed by atoms with Crippen molar-refractivity contribution in [1.82, 2.24) is 9.97 Å². The van der Waals surface area contributed by atoms with Gasteiger partial charge in [-0.3, -0.25) is 4.98 Å². The molecule has 2 nitrogen and oxygen atoms in total. The zero-order chi connectivity index (χ0) is 71.6. The van der Waals surface area contributed by atoms with Gasteiger partial charge in [0.15, 0.2) is 0 Å². The van der Waals surface area contributed by atoms with E-state index in [0.29, 0.717) is 0 Å². The van der Waals surface area contributed by atoms with Crippen LogP contribution >= 0.6 is 11.3 Å². The van der Waals surface area contributed by atoms with Gasteiger partial charge < -0.3 is 0 Å². The first-order valence-corrected chi connectivity index (χ1v) is 18.8. The molecule has 0 fully saturated rings. The fourth-order valence-electron chi connectivity index (χ4n) is 7.33. The molecule has 286 valence electrons. The van der Waals surface area contributed by atoms with E-state index in [2.05, 4.69) is 9.97 Å². The quantitative estimate of drug-likeness (QED) is 0.156. The number of benzene rings is 8. The van der Waals surface area contributed by atoms with Gasteiger partial charge in [0.25, 0.3) is 0 Å². The smallest absolute Gasteiger partial charge is 0.0972 e. The third-order valence-corrected chi connectivity index (χ3v) is 11.0. The number of aromatic nitrogens is 2. The highest BCUT2D eigenvalue weighted by Gasteiger charge is 2.29. The molecule has 3 heterocycles. The maximum Gasteiger partial charge on any atom is 0.0972 e. The summed E-state index contributed by atoms with van der Waals surface area (Å²) >= 11 is 0.172. The van der Waals surface area contributed by atoms with Crippen molar-refractivity contribution in [2.24, 2.45) is 0 Å². The van der Waals surface area contributed by atoms with Crippen LogP contribution in [0.1, 0.15) is 66.9 Å². The zero-order valence-electron chi connectivity index (χ0n) is 66.5. The van der Waals surface area contributed by atoms with Crippen LogP contribution in [0.15, 0.2) is 200 Å². The normalized spacial score (nSPS) is 23.4. The van der Waals surface area contributed by atoms with Gasteiger partial charge in [-0.2, -0.15) is 0 Å². The van der Waals surface area contributed by atoms with Gasteiger partial charge in [0.1, 0.15) is 0 Å². The highest BCUT2D eigenvalue weighted by atomic mass is 32.1. The lowest BCUT2D eigenvalue weighted by atomic mass is 9.80. The zero-order valence-corrected chi connectivity index (χ0v) is 31.3. The number of fused-ring (bicyclic) bond motifs is 6. The minimum absolute atomic E-state index is 0.172. The van der Waals surface area contributed by atoms with Crippen LogP contribution in [0.25, 0.3) is 115 Å². The molecule has 1 aliphatic rings. The number of rotatable bonds is 6. The van der Waals surface area contributed by atoms with E-state index in [-0.39, 0.29) is 11.3 Å². The molecule has 0 aliphatic heterocycles. The van der Waals surface area contributed by atoms with E-state index in [4.69, 9.17) is 23.3 Å². The van der Waals surface area contributed by atoms with Crippen LogP contribution in [0.3, 0.4) is 0 Å². The van der Waals surface area contributed by atoms with Crippen molar-refractivity contribution in [3.63, 3.8) is 0 Å². The lowest BCUT2D eigenvalue weighted by Gasteiger charge is -2.24. The Hall–Kier alpha value is -7.46. The minimum Gasteiger partial charge on any atom is -0.254 e. The Morgan fingerprint density at radius 2 is 1.00 bits per heavy atom. The van der Waals surface area contributed by atoms with E-state index in [0.717, 1.165) is 0 Å². The lowest BCUT2D eigenvalue weighted by molar-refractivity contribution is 0.992. The van der Waals surface area contributed by atoms with Crippen LogP contribution in [-0.4, -0.2) is 9.97 Å². The van der Waals surface area contributed by atoms with E-state index in [1.807, 2.05) is 0 Å². The van der Waals surface area contributed by atoms with Crippen molar-refractivity contribution < 1.29 is 49.3 Å². The third kappa shape index (κ3) is 5.84. The second kappa shape index (κ2) is 14.7. The van der Waals surface area contributed by atoms with E-state index < -0.39 is 338 Å². The lowest BCUT2D eigenvalue weighted by Crippen LogP contribution is -2.02.